The topological polar surface area (TPSA) is 74.3 Å². The number of amides is 3. The molecule has 2 N–H and O–H groups in total. The van der Waals surface area contributed by atoms with Crippen LogP contribution in [0.2, 0.25) is 5.02 Å². The number of piperidine rings is 1. The van der Waals surface area contributed by atoms with E-state index >= 15 is 0 Å². The highest BCUT2D eigenvalue weighted by Gasteiger charge is 2.21. The predicted octanol–water partition coefficient (Wildman–Crippen LogP) is 4.24. The molecule has 0 saturated carbocycles. The molecule has 6 nitrogen and oxygen atoms in total. The molecule has 0 aliphatic carbocycles. The van der Waals surface area contributed by atoms with Crippen molar-refractivity contribution in [2.75, 3.05) is 23.7 Å². The molecule has 0 radical (unpaired) electrons. The lowest BCUT2D eigenvalue weighted by Crippen LogP contribution is -2.39. The number of hydrogen-bond donors (Lipinski definition) is 2. The summed E-state index contributed by atoms with van der Waals surface area (Å²) in [6.07, 6.45) is 2.50. The number of anilines is 2. The number of halogens is 1. The number of aromatic nitrogens is 1. The normalized spacial score (nSPS) is 17.0. The fraction of sp³-hybridized carbons (Fsp3) is 0.389. The molecule has 8 heteroatoms. The van der Waals surface area contributed by atoms with Crippen LogP contribution in [0.3, 0.4) is 0 Å². The number of urea groups is 1. The molecule has 1 aliphatic heterocycles. The van der Waals surface area contributed by atoms with E-state index in [0.29, 0.717) is 27.5 Å². The number of hydrogen-bond acceptors (Lipinski definition) is 4. The molecular weight excluding hydrogens is 372 g/mol. The molecule has 138 valence electrons. The molecule has 0 spiro atoms. The van der Waals surface area contributed by atoms with Gasteiger partial charge in [0.2, 0.25) is 5.91 Å². The molecule has 3 amide bonds. The van der Waals surface area contributed by atoms with Crippen LogP contribution in [0.25, 0.3) is 0 Å². The molecule has 2 aromatic rings. The number of nitrogens with one attached hydrogen (secondary N) is 2. The standard InChI is InChI=1S/C18H21ClN4O2S/c1-12-3-2-8-23(10-12)16(24)9-15-11-26-18(21-15)22-17(25)20-14-6-4-13(19)5-7-14/h4-7,11-12H,2-3,8-10H2,1H3,(H2,20,21,22,25)/t12-/m0/s1. The monoisotopic (exact) mass is 392 g/mol. The van der Waals surface area contributed by atoms with E-state index in [1.165, 1.54) is 17.8 Å². The van der Waals surface area contributed by atoms with Crippen LogP contribution in [0.5, 0.6) is 0 Å². The molecule has 1 saturated heterocycles. The highest BCUT2D eigenvalue weighted by atomic mass is 35.5. The number of carbonyl (C=O) groups excluding carboxylic acids is 2. The zero-order chi connectivity index (χ0) is 18.5. The number of benzene rings is 1. The van der Waals surface area contributed by atoms with Crippen molar-refractivity contribution in [3.05, 3.63) is 40.4 Å². The Morgan fingerprint density at radius 1 is 1.31 bits per heavy atom. The van der Waals surface area contributed by atoms with Crippen LogP contribution < -0.4 is 10.6 Å². The first-order chi connectivity index (χ1) is 12.5. The van der Waals surface area contributed by atoms with E-state index in [4.69, 9.17) is 11.6 Å². The third-order valence-electron chi connectivity index (χ3n) is 4.22. The minimum Gasteiger partial charge on any atom is -0.342 e. The lowest BCUT2D eigenvalue weighted by atomic mass is 10.00. The Kier molecular flexibility index (Phi) is 6.11. The van der Waals surface area contributed by atoms with Crippen molar-refractivity contribution in [1.82, 2.24) is 9.88 Å². The van der Waals surface area contributed by atoms with Crippen molar-refractivity contribution in [2.45, 2.75) is 26.2 Å². The van der Waals surface area contributed by atoms with Gasteiger partial charge in [-0.2, -0.15) is 0 Å². The Morgan fingerprint density at radius 2 is 2.08 bits per heavy atom. The summed E-state index contributed by atoms with van der Waals surface area (Å²) in [5.74, 6) is 0.649. The van der Waals surface area contributed by atoms with E-state index in [9.17, 15) is 9.59 Å². The Morgan fingerprint density at radius 3 is 2.81 bits per heavy atom. The lowest BCUT2D eigenvalue weighted by Gasteiger charge is -2.30. The average Bonchev–Trinajstić information content (AvgIpc) is 3.03. The zero-order valence-electron chi connectivity index (χ0n) is 14.5. The van der Waals surface area contributed by atoms with Gasteiger partial charge in [0, 0.05) is 29.2 Å². The van der Waals surface area contributed by atoms with Gasteiger partial charge in [-0.05, 0) is 43.0 Å². The van der Waals surface area contributed by atoms with Crippen molar-refractivity contribution < 1.29 is 9.59 Å². The highest BCUT2D eigenvalue weighted by Crippen LogP contribution is 2.20. The molecule has 3 rings (SSSR count). The van der Waals surface area contributed by atoms with Gasteiger partial charge in [-0.15, -0.1) is 11.3 Å². The van der Waals surface area contributed by atoms with Gasteiger partial charge in [0.15, 0.2) is 5.13 Å². The molecule has 0 unspecified atom stereocenters. The van der Waals surface area contributed by atoms with Crippen LogP contribution in [0, 0.1) is 5.92 Å². The van der Waals surface area contributed by atoms with Gasteiger partial charge in [0.25, 0.3) is 0 Å². The maximum atomic E-state index is 12.4. The molecule has 0 bridgehead atoms. The zero-order valence-corrected chi connectivity index (χ0v) is 16.1. The second-order valence-electron chi connectivity index (χ2n) is 6.49. The minimum atomic E-state index is -0.385. The van der Waals surface area contributed by atoms with Crippen LogP contribution in [-0.4, -0.2) is 34.9 Å². The van der Waals surface area contributed by atoms with Crippen LogP contribution in [0.15, 0.2) is 29.6 Å². The van der Waals surface area contributed by atoms with Crippen molar-refractivity contribution in [1.29, 1.82) is 0 Å². The first-order valence-electron chi connectivity index (χ1n) is 8.55. The summed E-state index contributed by atoms with van der Waals surface area (Å²) in [6.45, 7) is 3.81. The Bertz CT molecular complexity index is 778. The minimum absolute atomic E-state index is 0.0963. The molecule has 1 atom stereocenters. The van der Waals surface area contributed by atoms with Gasteiger partial charge in [-0.25, -0.2) is 9.78 Å². The van der Waals surface area contributed by atoms with Gasteiger partial charge in [0.05, 0.1) is 12.1 Å². The Balaban J connectivity index is 1.51. The fourth-order valence-corrected chi connectivity index (χ4v) is 3.75. The van der Waals surface area contributed by atoms with Gasteiger partial charge in [0.1, 0.15) is 0 Å². The van der Waals surface area contributed by atoms with Crippen LogP contribution in [0.4, 0.5) is 15.6 Å². The maximum absolute atomic E-state index is 12.4. The van der Waals surface area contributed by atoms with Crippen LogP contribution >= 0.6 is 22.9 Å². The molecule has 1 aromatic carbocycles. The van der Waals surface area contributed by atoms with Crippen molar-refractivity contribution in [3.63, 3.8) is 0 Å². The summed E-state index contributed by atoms with van der Waals surface area (Å²) in [7, 11) is 0. The highest BCUT2D eigenvalue weighted by molar-refractivity contribution is 7.14. The number of carbonyl (C=O) groups is 2. The van der Waals surface area contributed by atoms with E-state index in [0.717, 1.165) is 19.5 Å². The number of rotatable bonds is 4. The second-order valence-corrected chi connectivity index (χ2v) is 7.79. The Hall–Kier alpha value is -2.12. The fourth-order valence-electron chi connectivity index (χ4n) is 2.92. The van der Waals surface area contributed by atoms with Gasteiger partial charge >= 0.3 is 6.03 Å². The Labute approximate surface area is 161 Å². The third kappa shape index (κ3) is 5.19. The van der Waals surface area contributed by atoms with E-state index < -0.39 is 0 Å². The summed E-state index contributed by atoms with van der Waals surface area (Å²) in [5, 5.41) is 8.27. The summed E-state index contributed by atoms with van der Waals surface area (Å²) < 4.78 is 0. The van der Waals surface area contributed by atoms with E-state index in [1.54, 1.807) is 24.3 Å². The second kappa shape index (κ2) is 8.51. The molecular formula is C18H21ClN4O2S. The van der Waals surface area contributed by atoms with E-state index in [2.05, 4.69) is 22.5 Å². The maximum Gasteiger partial charge on any atom is 0.325 e. The number of nitrogens with zero attached hydrogens (tertiary/aromatic N) is 2. The summed E-state index contributed by atoms with van der Waals surface area (Å²) >= 11 is 7.12. The summed E-state index contributed by atoms with van der Waals surface area (Å²) in [5.41, 5.74) is 1.32. The quantitative estimate of drug-likeness (QED) is 0.817. The number of thiazole rings is 1. The molecule has 26 heavy (non-hydrogen) atoms. The van der Waals surface area contributed by atoms with Crippen molar-refractivity contribution in [3.8, 4) is 0 Å². The average molecular weight is 393 g/mol. The van der Waals surface area contributed by atoms with Crippen LogP contribution in [-0.2, 0) is 11.2 Å². The van der Waals surface area contributed by atoms with Gasteiger partial charge in [-0.1, -0.05) is 18.5 Å². The van der Waals surface area contributed by atoms with E-state index in [-0.39, 0.29) is 18.4 Å². The molecule has 1 aliphatic rings. The van der Waals surface area contributed by atoms with Gasteiger partial charge < -0.3 is 10.2 Å². The smallest absolute Gasteiger partial charge is 0.325 e. The first-order valence-corrected chi connectivity index (χ1v) is 9.81. The summed E-state index contributed by atoms with van der Waals surface area (Å²) in [6, 6.07) is 6.45. The van der Waals surface area contributed by atoms with Crippen LogP contribution in [0.1, 0.15) is 25.5 Å². The molecule has 2 heterocycles. The van der Waals surface area contributed by atoms with Crippen molar-refractivity contribution >= 4 is 45.7 Å². The third-order valence-corrected chi connectivity index (χ3v) is 5.27. The predicted molar refractivity (Wildman–Crippen MR) is 105 cm³/mol. The molecule has 1 aromatic heterocycles. The first kappa shape index (κ1) is 18.7. The van der Waals surface area contributed by atoms with E-state index in [1.807, 2.05) is 10.3 Å². The van der Waals surface area contributed by atoms with Gasteiger partial charge in [-0.3, -0.25) is 10.1 Å². The largest absolute Gasteiger partial charge is 0.342 e. The SMILES string of the molecule is C[C@H]1CCCN(C(=O)Cc2csc(NC(=O)Nc3ccc(Cl)cc3)n2)C1. The number of likely N-dealkylation sites (tertiary alicyclic amines) is 1. The summed E-state index contributed by atoms with van der Waals surface area (Å²) in [4.78, 5) is 30.7. The lowest BCUT2D eigenvalue weighted by molar-refractivity contribution is -0.132. The van der Waals surface area contributed by atoms with Crippen molar-refractivity contribution in [2.24, 2.45) is 5.92 Å². The molecule has 1 fully saturated rings.